The maximum atomic E-state index is 11.8. The molecule has 0 amide bonds. The molecule has 8 nitrogen and oxygen atoms in total. The molecule has 1 aliphatic carbocycles. The molecule has 1 fully saturated rings. The Kier molecular flexibility index (Phi) is 6.35. The van der Waals surface area contributed by atoms with E-state index in [1.165, 1.54) is 5.56 Å². The molecule has 4 aromatic rings. The van der Waals surface area contributed by atoms with Crippen molar-refractivity contribution < 1.29 is 15.0 Å². The SMILES string of the molecule is Cc1ccc(O)c(-c2nc3nc(C(=O)O)nc(N[C@H](C)C4CC4)c3n2Cc2ccc(CI)cc2)c1. The molecule has 0 saturated heterocycles. The summed E-state index contributed by atoms with van der Waals surface area (Å²) in [6.07, 6.45) is 2.28. The lowest BCUT2D eigenvalue weighted by Gasteiger charge is -2.17. The molecular weight excluding hydrogens is 557 g/mol. The highest BCUT2D eigenvalue weighted by atomic mass is 127. The van der Waals surface area contributed by atoms with Crippen LogP contribution in [0.25, 0.3) is 22.6 Å². The summed E-state index contributed by atoms with van der Waals surface area (Å²) >= 11 is 2.34. The number of phenols is 1. The van der Waals surface area contributed by atoms with Gasteiger partial charge in [0.05, 0.1) is 5.56 Å². The number of aryl methyl sites for hydroxylation is 1. The van der Waals surface area contributed by atoms with E-state index in [9.17, 15) is 15.0 Å². The zero-order valence-corrected chi connectivity index (χ0v) is 21.7. The fraction of sp³-hybridized carbons (Fsp3) is 0.308. The second kappa shape index (κ2) is 9.44. The minimum Gasteiger partial charge on any atom is -0.507 e. The lowest BCUT2D eigenvalue weighted by Crippen LogP contribution is -2.20. The molecule has 3 N–H and O–H groups in total. The number of carbonyl (C=O) groups is 1. The number of halogens is 1. The molecule has 180 valence electrons. The van der Waals surface area contributed by atoms with E-state index in [0.717, 1.165) is 28.4 Å². The van der Waals surface area contributed by atoms with Gasteiger partial charge in [0.15, 0.2) is 11.5 Å². The number of carboxylic acid groups (broad SMARTS) is 1. The summed E-state index contributed by atoms with van der Waals surface area (Å²) in [7, 11) is 0. The Balaban J connectivity index is 1.74. The molecule has 5 rings (SSSR count). The number of alkyl halides is 1. The van der Waals surface area contributed by atoms with Gasteiger partial charge < -0.3 is 20.1 Å². The smallest absolute Gasteiger partial charge is 0.374 e. The quantitative estimate of drug-likeness (QED) is 0.188. The maximum absolute atomic E-state index is 11.8. The Morgan fingerprint density at radius 2 is 1.86 bits per heavy atom. The number of anilines is 1. The van der Waals surface area contributed by atoms with E-state index in [2.05, 4.69) is 69.1 Å². The number of benzene rings is 2. The van der Waals surface area contributed by atoms with E-state index in [0.29, 0.717) is 35.2 Å². The van der Waals surface area contributed by atoms with Crippen LogP contribution in [0, 0.1) is 12.8 Å². The van der Waals surface area contributed by atoms with E-state index in [4.69, 9.17) is 4.98 Å². The summed E-state index contributed by atoms with van der Waals surface area (Å²) in [5.41, 5.74) is 4.72. The van der Waals surface area contributed by atoms with Crippen LogP contribution in [-0.2, 0) is 11.0 Å². The van der Waals surface area contributed by atoms with Crippen molar-refractivity contribution in [3.63, 3.8) is 0 Å². The number of aromatic carboxylic acids is 1. The van der Waals surface area contributed by atoms with E-state index in [-0.39, 0.29) is 23.3 Å². The average molecular weight is 583 g/mol. The van der Waals surface area contributed by atoms with Crippen LogP contribution in [0.4, 0.5) is 5.82 Å². The van der Waals surface area contributed by atoms with Crippen LogP contribution in [0.3, 0.4) is 0 Å². The van der Waals surface area contributed by atoms with Crippen molar-refractivity contribution in [3.05, 3.63) is 65.0 Å². The number of fused-ring (bicyclic) bond motifs is 1. The number of carboxylic acids is 1. The van der Waals surface area contributed by atoms with Crippen molar-refractivity contribution in [2.24, 2.45) is 5.92 Å². The van der Waals surface area contributed by atoms with Crippen LogP contribution in [0.5, 0.6) is 5.75 Å². The standard InChI is InChI=1S/C26H26IN5O3/c1-14-3-10-20(33)19(11-14)25-31-23-21(32(25)13-17-6-4-16(12-27)5-7-17)22(28-15(2)18-8-9-18)29-24(30-23)26(34)35/h3-7,10-11,15,18,33H,8-9,12-13H2,1-2H3,(H,34,35)(H,28,29,30)/t15-/m1/s1. The minimum atomic E-state index is -1.21. The van der Waals surface area contributed by atoms with Crippen LogP contribution in [0.15, 0.2) is 42.5 Å². The highest BCUT2D eigenvalue weighted by Crippen LogP contribution is 2.37. The predicted molar refractivity (Wildman–Crippen MR) is 143 cm³/mol. The third kappa shape index (κ3) is 4.82. The van der Waals surface area contributed by atoms with Gasteiger partial charge in [0.1, 0.15) is 17.1 Å². The molecule has 0 bridgehead atoms. The summed E-state index contributed by atoms with van der Waals surface area (Å²) < 4.78 is 2.89. The third-order valence-corrected chi connectivity index (χ3v) is 7.28. The Labute approximate surface area is 216 Å². The van der Waals surface area contributed by atoms with Gasteiger partial charge in [-0.2, -0.15) is 0 Å². The topological polar surface area (TPSA) is 113 Å². The molecule has 35 heavy (non-hydrogen) atoms. The molecule has 0 aliphatic heterocycles. The van der Waals surface area contributed by atoms with Gasteiger partial charge in [-0.25, -0.2) is 19.7 Å². The Morgan fingerprint density at radius 3 is 2.51 bits per heavy atom. The van der Waals surface area contributed by atoms with Crippen molar-refractivity contribution >= 4 is 45.5 Å². The number of rotatable bonds is 8. The highest BCUT2D eigenvalue weighted by Gasteiger charge is 2.30. The predicted octanol–water partition coefficient (Wildman–Crippen LogP) is 5.40. The summed E-state index contributed by atoms with van der Waals surface area (Å²) in [5, 5.41) is 23.8. The number of hydrogen-bond acceptors (Lipinski definition) is 6. The first-order valence-corrected chi connectivity index (χ1v) is 13.1. The van der Waals surface area contributed by atoms with Crippen molar-refractivity contribution in [2.45, 2.75) is 43.7 Å². The Morgan fingerprint density at radius 1 is 1.14 bits per heavy atom. The van der Waals surface area contributed by atoms with Crippen molar-refractivity contribution in [1.82, 2.24) is 19.5 Å². The van der Waals surface area contributed by atoms with Crippen molar-refractivity contribution in [3.8, 4) is 17.1 Å². The molecule has 0 unspecified atom stereocenters. The maximum Gasteiger partial charge on any atom is 0.374 e. The van der Waals surface area contributed by atoms with Crippen LogP contribution >= 0.6 is 22.6 Å². The number of hydrogen-bond donors (Lipinski definition) is 3. The van der Waals surface area contributed by atoms with Crippen molar-refractivity contribution in [2.75, 3.05) is 5.32 Å². The molecule has 2 aromatic heterocycles. The summed E-state index contributed by atoms with van der Waals surface area (Å²) in [5.74, 6) is 0.0714. The van der Waals surface area contributed by atoms with E-state index in [1.807, 2.05) is 23.6 Å². The van der Waals surface area contributed by atoms with Gasteiger partial charge in [-0.05, 0) is 55.9 Å². The van der Waals surface area contributed by atoms with Crippen LogP contribution in [-0.4, -0.2) is 41.7 Å². The van der Waals surface area contributed by atoms with E-state index in [1.54, 1.807) is 6.07 Å². The molecule has 1 saturated carbocycles. The lowest BCUT2D eigenvalue weighted by atomic mass is 10.1. The van der Waals surface area contributed by atoms with Gasteiger partial charge in [0.2, 0.25) is 5.82 Å². The van der Waals surface area contributed by atoms with Crippen LogP contribution < -0.4 is 5.32 Å². The van der Waals surface area contributed by atoms with Gasteiger partial charge in [0.25, 0.3) is 0 Å². The zero-order chi connectivity index (χ0) is 24.7. The first-order chi connectivity index (χ1) is 16.8. The minimum absolute atomic E-state index is 0.0969. The normalized spacial score (nSPS) is 14.3. The monoisotopic (exact) mass is 583 g/mol. The van der Waals surface area contributed by atoms with E-state index < -0.39 is 5.97 Å². The summed E-state index contributed by atoms with van der Waals surface area (Å²) in [6.45, 7) is 4.50. The first kappa shape index (κ1) is 23.5. The van der Waals surface area contributed by atoms with Gasteiger partial charge in [-0.1, -0.05) is 58.5 Å². The molecule has 2 heterocycles. The first-order valence-electron chi connectivity index (χ1n) is 11.6. The second-order valence-corrected chi connectivity index (χ2v) is 9.90. The number of phenolic OH excluding ortho intramolecular Hbond substituents is 1. The summed E-state index contributed by atoms with van der Waals surface area (Å²) in [6, 6.07) is 13.8. The molecular formula is C26H26IN5O3. The van der Waals surface area contributed by atoms with Gasteiger partial charge in [-0.3, -0.25) is 0 Å². The number of nitrogens with zero attached hydrogens (tertiary/aromatic N) is 4. The van der Waals surface area contributed by atoms with Gasteiger partial charge in [-0.15, -0.1) is 0 Å². The third-order valence-electron chi connectivity index (χ3n) is 6.40. The number of imidazole rings is 1. The van der Waals surface area contributed by atoms with Crippen LogP contribution in [0.1, 0.15) is 47.1 Å². The highest BCUT2D eigenvalue weighted by molar-refractivity contribution is 14.1. The van der Waals surface area contributed by atoms with Gasteiger partial charge >= 0.3 is 5.97 Å². The number of aromatic nitrogens is 4. The molecule has 0 radical (unpaired) electrons. The number of nitrogens with one attached hydrogen (secondary N) is 1. The number of aromatic hydroxyl groups is 1. The van der Waals surface area contributed by atoms with Crippen molar-refractivity contribution in [1.29, 1.82) is 0 Å². The second-order valence-electron chi connectivity index (χ2n) is 9.14. The molecule has 2 aromatic carbocycles. The van der Waals surface area contributed by atoms with Crippen LogP contribution in [0.2, 0.25) is 0 Å². The zero-order valence-electron chi connectivity index (χ0n) is 19.5. The largest absolute Gasteiger partial charge is 0.507 e. The van der Waals surface area contributed by atoms with E-state index >= 15 is 0 Å². The fourth-order valence-corrected chi connectivity index (χ4v) is 4.78. The molecule has 9 heteroatoms. The lowest BCUT2D eigenvalue weighted by molar-refractivity contribution is 0.0684. The van der Waals surface area contributed by atoms with Gasteiger partial charge in [0, 0.05) is 17.0 Å². The molecule has 1 atom stereocenters. The summed E-state index contributed by atoms with van der Waals surface area (Å²) in [4.78, 5) is 25.2. The fourth-order valence-electron chi connectivity index (χ4n) is 4.27. The molecule has 1 aliphatic rings. The molecule has 0 spiro atoms. The Hall–Kier alpha value is -3.21. The Bertz CT molecular complexity index is 1410. The average Bonchev–Trinajstić information content (AvgIpc) is 3.63.